The smallest absolute Gasteiger partial charge is 0.216 e. The highest BCUT2D eigenvalue weighted by Gasteiger charge is 2.11. The van der Waals surface area contributed by atoms with Gasteiger partial charge in [0, 0.05) is 41.7 Å². The molecule has 4 rings (SSSR count). The lowest BCUT2D eigenvalue weighted by Crippen LogP contribution is -2.01. The lowest BCUT2D eigenvalue weighted by molar-refractivity contribution is 0.563. The van der Waals surface area contributed by atoms with Crippen molar-refractivity contribution in [2.45, 2.75) is 26.2 Å². The molecule has 0 radical (unpaired) electrons. The number of aromatic amines is 1. The first-order valence-corrected chi connectivity index (χ1v) is 9.04. The Hall–Kier alpha value is -3.59. The highest BCUT2D eigenvalue weighted by Crippen LogP contribution is 2.22. The van der Waals surface area contributed by atoms with Gasteiger partial charge in [-0.3, -0.25) is 0 Å². The molecule has 4 heterocycles. The number of rotatable bonds is 5. The molecule has 0 aliphatic carbocycles. The minimum absolute atomic E-state index is 0.385. The van der Waals surface area contributed by atoms with E-state index in [1.165, 1.54) is 0 Å². The predicted molar refractivity (Wildman–Crippen MR) is 104 cm³/mol. The Kier molecular flexibility index (Phi) is 4.81. The Morgan fingerprint density at radius 2 is 2.00 bits per heavy atom. The zero-order chi connectivity index (χ0) is 19.5. The number of fused-ring (bicyclic) bond motifs is 1. The number of aryl methyl sites for hydroxylation is 3. The minimum atomic E-state index is -0.445. The molecular weight excluding hydrogens is 353 g/mol. The van der Waals surface area contributed by atoms with E-state index in [-0.39, 0.29) is 0 Å². The summed E-state index contributed by atoms with van der Waals surface area (Å²) in [6.45, 7) is 1.99. The van der Waals surface area contributed by atoms with Crippen LogP contribution in [-0.4, -0.2) is 19.9 Å². The van der Waals surface area contributed by atoms with Gasteiger partial charge in [-0.1, -0.05) is 6.07 Å². The van der Waals surface area contributed by atoms with Crippen molar-refractivity contribution in [3.8, 4) is 6.07 Å². The van der Waals surface area contributed by atoms with Crippen LogP contribution in [0.3, 0.4) is 0 Å². The van der Waals surface area contributed by atoms with Gasteiger partial charge in [-0.05, 0) is 60.7 Å². The summed E-state index contributed by atoms with van der Waals surface area (Å²) in [6, 6.07) is 11.3. The third-order valence-electron chi connectivity index (χ3n) is 4.73. The first-order chi connectivity index (χ1) is 13.6. The number of halogens is 1. The van der Waals surface area contributed by atoms with Crippen LogP contribution in [0.2, 0.25) is 0 Å². The molecule has 4 aromatic rings. The maximum Gasteiger partial charge on any atom is 0.216 e. The molecule has 4 aromatic heterocycles. The Balaban J connectivity index is 1.49. The lowest BCUT2D eigenvalue weighted by atomic mass is 10.0. The molecule has 0 aliphatic heterocycles. The summed E-state index contributed by atoms with van der Waals surface area (Å²) in [5, 5.41) is 9.93. The summed E-state index contributed by atoms with van der Waals surface area (Å²) in [6.07, 6.45) is 7.03. The van der Waals surface area contributed by atoms with Gasteiger partial charge in [0.05, 0.1) is 0 Å². The van der Waals surface area contributed by atoms with Crippen molar-refractivity contribution >= 4 is 11.0 Å². The third kappa shape index (κ3) is 3.74. The second kappa shape index (κ2) is 7.57. The number of H-pyrrole nitrogens is 1. The van der Waals surface area contributed by atoms with Gasteiger partial charge in [0.2, 0.25) is 5.95 Å². The monoisotopic (exact) mass is 371 g/mol. The maximum absolute atomic E-state index is 14.6. The SMILES string of the molecule is Cc1cnc2[nH]cc(Cc3ccc(CCc4ccnc(C#N)c4)nc3F)c2c1. The van der Waals surface area contributed by atoms with E-state index in [2.05, 4.69) is 26.0 Å². The van der Waals surface area contributed by atoms with Gasteiger partial charge in [0.15, 0.2) is 0 Å². The van der Waals surface area contributed by atoms with Crippen molar-refractivity contribution in [2.75, 3.05) is 0 Å². The number of nitrogens with zero attached hydrogens (tertiary/aromatic N) is 4. The molecule has 0 aliphatic rings. The second-order valence-electron chi connectivity index (χ2n) is 6.81. The molecule has 0 amide bonds. The number of aromatic nitrogens is 4. The van der Waals surface area contributed by atoms with Crippen molar-refractivity contribution < 1.29 is 4.39 Å². The van der Waals surface area contributed by atoms with Crippen molar-refractivity contribution in [3.63, 3.8) is 0 Å². The maximum atomic E-state index is 14.6. The molecule has 0 atom stereocenters. The van der Waals surface area contributed by atoms with E-state index >= 15 is 0 Å². The predicted octanol–water partition coefficient (Wildman–Crippen LogP) is 4.05. The minimum Gasteiger partial charge on any atom is -0.346 e. The van der Waals surface area contributed by atoms with E-state index in [9.17, 15) is 4.39 Å². The first kappa shape index (κ1) is 17.8. The summed E-state index contributed by atoms with van der Waals surface area (Å²) >= 11 is 0. The normalized spacial score (nSPS) is 10.9. The summed E-state index contributed by atoms with van der Waals surface area (Å²) < 4.78 is 14.6. The molecular formula is C22H18FN5. The molecule has 28 heavy (non-hydrogen) atoms. The molecule has 0 bridgehead atoms. The lowest BCUT2D eigenvalue weighted by Gasteiger charge is -2.06. The van der Waals surface area contributed by atoms with Gasteiger partial charge in [0.25, 0.3) is 0 Å². The summed E-state index contributed by atoms with van der Waals surface area (Å²) in [5.74, 6) is -0.445. The van der Waals surface area contributed by atoms with Crippen molar-refractivity contribution in [1.82, 2.24) is 19.9 Å². The van der Waals surface area contributed by atoms with Crippen LogP contribution in [0.5, 0.6) is 0 Å². The van der Waals surface area contributed by atoms with Gasteiger partial charge < -0.3 is 4.98 Å². The van der Waals surface area contributed by atoms with Crippen LogP contribution in [0.25, 0.3) is 11.0 Å². The highest BCUT2D eigenvalue weighted by atomic mass is 19.1. The average molecular weight is 371 g/mol. The molecule has 138 valence electrons. The largest absolute Gasteiger partial charge is 0.346 e. The molecule has 1 N–H and O–H groups in total. The quantitative estimate of drug-likeness (QED) is 0.537. The first-order valence-electron chi connectivity index (χ1n) is 9.04. The van der Waals surface area contributed by atoms with Crippen LogP contribution in [0.1, 0.15) is 33.6 Å². The molecule has 0 fully saturated rings. The number of pyridine rings is 3. The fraction of sp³-hybridized carbons (Fsp3) is 0.182. The second-order valence-corrected chi connectivity index (χ2v) is 6.81. The fourth-order valence-corrected chi connectivity index (χ4v) is 3.25. The molecule has 0 aromatic carbocycles. The van der Waals surface area contributed by atoms with Gasteiger partial charge in [-0.2, -0.15) is 9.65 Å². The van der Waals surface area contributed by atoms with E-state index in [0.717, 1.165) is 27.7 Å². The van der Waals surface area contributed by atoms with Gasteiger partial charge in [0.1, 0.15) is 17.4 Å². The fourth-order valence-electron chi connectivity index (χ4n) is 3.25. The Labute approximate surface area is 161 Å². The van der Waals surface area contributed by atoms with Gasteiger partial charge in [-0.15, -0.1) is 0 Å². The van der Waals surface area contributed by atoms with Crippen LogP contribution in [-0.2, 0) is 19.3 Å². The number of hydrogen-bond acceptors (Lipinski definition) is 4. The summed E-state index contributed by atoms with van der Waals surface area (Å²) in [7, 11) is 0. The molecule has 0 saturated heterocycles. The Bertz CT molecular complexity index is 1190. The number of nitriles is 1. The Morgan fingerprint density at radius 3 is 2.82 bits per heavy atom. The zero-order valence-corrected chi connectivity index (χ0v) is 15.4. The van der Waals surface area contributed by atoms with Crippen molar-refractivity contribution in [2.24, 2.45) is 0 Å². The average Bonchev–Trinajstić information content (AvgIpc) is 3.10. The van der Waals surface area contributed by atoms with E-state index in [1.807, 2.05) is 37.5 Å². The van der Waals surface area contributed by atoms with E-state index in [0.29, 0.717) is 36.2 Å². The van der Waals surface area contributed by atoms with E-state index in [4.69, 9.17) is 5.26 Å². The zero-order valence-electron chi connectivity index (χ0n) is 15.4. The summed E-state index contributed by atoms with van der Waals surface area (Å²) in [5.41, 5.74) is 5.49. The standard InChI is InChI=1S/C22H18FN5/c1-14-8-20-17(13-27-22(20)26-12-14)10-16-3-5-18(28-21(16)23)4-2-15-6-7-25-19(9-15)11-24/h3,5-9,12-13H,2,4,10H2,1H3,(H,26,27). The van der Waals surface area contributed by atoms with Crippen LogP contribution >= 0.6 is 0 Å². The van der Waals surface area contributed by atoms with Crippen LogP contribution in [0, 0.1) is 24.2 Å². The Morgan fingerprint density at radius 1 is 1.11 bits per heavy atom. The van der Waals surface area contributed by atoms with Crippen molar-refractivity contribution in [1.29, 1.82) is 5.26 Å². The summed E-state index contributed by atoms with van der Waals surface area (Å²) in [4.78, 5) is 15.6. The van der Waals surface area contributed by atoms with Crippen LogP contribution in [0.15, 0.2) is 48.9 Å². The van der Waals surface area contributed by atoms with Gasteiger partial charge in [-0.25, -0.2) is 15.0 Å². The highest BCUT2D eigenvalue weighted by molar-refractivity contribution is 5.80. The molecule has 0 unspecified atom stereocenters. The van der Waals surface area contributed by atoms with Gasteiger partial charge >= 0.3 is 0 Å². The van der Waals surface area contributed by atoms with Crippen LogP contribution < -0.4 is 0 Å². The number of hydrogen-bond donors (Lipinski definition) is 1. The molecule has 0 spiro atoms. The van der Waals surface area contributed by atoms with Crippen molar-refractivity contribution in [3.05, 3.63) is 88.5 Å². The van der Waals surface area contributed by atoms with E-state index in [1.54, 1.807) is 18.3 Å². The molecule has 6 heteroatoms. The topological polar surface area (TPSA) is 78.2 Å². The molecule has 5 nitrogen and oxygen atoms in total. The van der Waals surface area contributed by atoms with Crippen LogP contribution in [0.4, 0.5) is 4.39 Å². The van der Waals surface area contributed by atoms with E-state index < -0.39 is 5.95 Å². The number of nitrogens with one attached hydrogen (secondary N) is 1. The third-order valence-corrected chi connectivity index (χ3v) is 4.73. The molecule has 0 saturated carbocycles.